The summed E-state index contributed by atoms with van der Waals surface area (Å²) in [6.07, 6.45) is -0.0776. The first kappa shape index (κ1) is 16.1. The summed E-state index contributed by atoms with van der Waals surface area (Å²) < 4.78 is 19.2. The number of carbonyl (C=O) groups excluding carboxylic acids is 2. The fourth-order valence-electron chi connectivity index (χ4n) is 2.17. The van der Waals surface area contributed by atoms with Crippen molar-refractivity contribution in [2.45, 2.75) is 26.4 Å². The van der Waals surface area contributed by atoms with Crippen LogP contribution in [-0.2, 0) is 9.53 Å². The van der Waals surface area contributed by atoms with Crippen LogP contribution in [0.2, 0.25) is 0 Å². The summed E-state index contributed by atoms with van der Waals surface area (Å²) in [4.78, 5) is 24.1. The van der Waals surface area contributed by atoms with Crippen LogP contribution in [0.3, 0.4) is 0 Å². The molecule has 0 aliphatic carbocycles. The first-order chi connectivity index (χ1) is 10.5. The Morgan fingerprint density at radius 3 is 2.91 bits per heavy atom. The molecule has 22 heavy (non-hydrogen) atoms. The average Bonchev–Trinajstić information content (AvgIpc) is 2.85. The molecule has 2 N–H and O–H groups in total. The van der Waals surface area contributed by atoms with Crippen LogP contribution in [0.25, 0.3) is 0 Å². The van der Waals surface area contributed by atoms with Crippen LogP contribution in [0.1, 0.15) is 20.3 Å². The molecule has 1 saturated heterocycles. The standard InChI is InChI=1S/C15H20FN3O3/c1-3-6-17-14-5-4-11(7-13(14)16)19-9-12(22-15(19)21)8-18-10(2)20/h4-5,7,12,17H,3,6,8-9H2,1-2H3,(H,18,20)/t12-/m0/s1. The highest BCUT2D eigenvalue weighted by Gasteiger charge is 2.32. The molecule has 6 nitrogen and oxygen atoms in total. The third-order valence-corrected chi connectivity index (χ3v) is 3.28. The highest BCUT2D eigenvalue weighted by atomic mass is 19.1. The van der Waals surface area contributed by atoms with Gasteiger partial charge >= 0.3 is 6.09 Å². The van der Waals surface area contributed by atoms with E-state index in [1.165, 1.54) is 17.9 Å². The predicted octanol–water partition coefficient (Wildman–Crippen LogP) is 2.11. The van der Waals surface area contributed by atoms with Gasteiger partial charge in [0, 0.05) is 13.5 Å². The second kappa shape index (κ2) is 7.11. The van der Waals surface area contributed by atoms with E-state index in [0.717, 1.165) is 6.42 Å². The van der Waals surface area contributed by atoms with E-state index in [1.54, 1.807) is 12.1 Å². The van der Waals surface area contributed by atoms with Crippen LogP contribution in [0.15, 0.2) is 18.2 Å². The second-order valence-electron chi connectivity index (χ2n) is 5.14. The Kier molecular flexibility index (Phi) is 5.19. The quantitative estimate of drug-likeness (QED) is 0.844. The van der Waals surface area contributed by atoms with Crippen LogP contribution in [-0.4, -0.2) is 37.7 Å². The second-order valence-corrected chi connectivity index (χ2v) is 5.14. The lowest BCUT2D eigenvalue weighted by Gasteiger charge is -2.15. The maximum atomic E-state index is 14.0. The zero-order valence-corrected chi connectivity index (χ0v) is 12.7. The van der Waals surface area contributed by atoms with E-state index in [4.69, 9.17) is 4.74 Å². The number of rotatable bonds is 6. The Hall–Kier alpha value is -2.31. The minimum absolute atomic E-state index is 0.188. The third kappa shape index (κ3) is 3.87. The normalized spacial score (nSPS) is 17.3. The number of hydrogen-bond donors (Lipinski definition) is 2. The number of amides is 2. The molecule has 120 valence electrons. The number of nitrogens with one attached hydrogen (secondary N) is 2. The molecule has 0 spiro atoms. The van der Waals surface area contributed by atoms with Gasteiger partial charge in [0.05, 0.1) is 24.5 Å². The average molecular weight is 309 g/mol. The molecule has 0 saturated carbocycles. The van der Waals surface area contributed by atoms with Gasteiger partial charge in [0.25, 0.3) is 0 Å². The van der Waals surface area contributed by atoms with Crippen molar-refractivity contribution in [1.29, 1.82) is 0 Å². The molecule has 0 bridgehead atoms. The van der Waals surface area contributed by atoms with Gasteiger partial charge in [0.1, 0.15) is 11.9 Å². The Morgan fingerprint density at radius 2 is 2.27 bits per heavy atom. The van der Waals surface area contributed by atoms with Gasteiger partial charge in [-0.15, -0.1) is 0 Å². The Bertz CT molecular complexity index is 565. The lowest BCUT2D eigenvalue weighted by Crippen LogP contribution is -2.33. The lowest BCUT2D eigenvalue weighted by atomic mass is 10.2. The summed E-state index contributed by atoms with van der Waals surface area (Å²) in [5, 5.41) is 5.57. The lowest BCUT2D eigenvalue weighted by molar-refractivity contribution is -0.119. The van der Waals surface area contributed by atoms with E-state index in [2.05, 4.69) is 10.6 Å². The topological polar surface area (TPSA) is 70.7 Å². The Morgan fingerprint density at radius 1 is 1.50 bits per heavy atom. The van der Waals surface area contributed by atoms with Crippen molar-refractivity contribution in [3.63, 3.8) is 0 Å². The van der Waals surface area contributed by atoms with Crippen molar-refractivity contribution in [3.8, 4) is 0 Å². The Labute approximate surface area is 128 Å². The fraction of sp³-hybridized carbons (Fsp3) is 0.467. The van der Waals surface area contributed by atoms with Crippen LogP contribution >= 0.6 is 0 Å². The first-order valence-electron chi connectivity index (χ1n) is 7.27. The molecule has 1 heterocycles. The van der Waals surface area contributed by atoms with E-state index in [-0.39, 0.29) is 19.0 Å². The zero-order chi connectivity index (χ0) is 16.1. The van der Waals surface area contributed by atoms with Crippen molar-refractivity contribution >= 4 is 23.4 Å². The largest absolute Gasteiger partial charge is 0.442 e. The molecule has 1 atom stereocenters. The van der Waals surface area contributed by atoms with Crippen molar-refractivity contribution in [2.75, 3.05) is 29.9 Å². The zero-order valence-electron chi connectivity index (χ0n) is 12.7. The summed E-state index contributed by atoms with van der Waals surface area (Å²) in [5.74, 6) is -0.601. The number of halogens is 1. The summed E-state index contributed by atoms with van der Waals surface area (Å²) in [6.45, 7) is 4.60. The van der Waals surface area contributed by atoms with E-state index in [0.29, 0.717) is 17.9 Å². The van der Waals surface area contributed by atoms with E-state index >= 15 is 0 Å². The number of anilines is 2. The molecule has 1 fully saturated rings. The van der Waals surface area contributed by atoms with Crippen molar-refractivity contribution in [1.82, 2.24) is 5.32 Å². The smallest absolute Gasteiger partial charge is 0.414 e. The minimum atomic E-state index is -0.538. The first-order valence-corrected chi connectivity index (χ1v) is 7.27. The van der Waals surface area contributed by atoms with Crippen LogP contribution in [0, 0.1) is 5.82 Å². The highest BCUT2D eigenvalue weighted by Crippen LogP contribution is 2.25. The SMILES string of the molecule is CCCNc1ccc(N2C[C@H](CNC(C)=O)OC2=O)cc1F. The molecule has 2 amide bonds. The molecule has 7 heteroatoms. The van der Waals surface area contributed by atoms with Gasteiger partial charge in [0.2, 0.25) is 5.91 Å². The van der Waals surface area contributed by atoms with Crippen LogP contribution < -0.4 is 15.5 Å². The number of benzene rings is 1. The van der Waals surface area contributed by atoms with Gasteiger partial charge in [0.15, 0.2) is 0 Å². The van der Waals surface area contributed by atoms with Gasteiger partial charge in [-0.3, -0.25) is 9.69 Å². The third-order valence-electron chi connectivity index (χ3n) is 3.28. The van der Waals surface area contributed by atoms with Crippen molar-refractivity contribution in [3.05, 3.63) is 24.0 Å². The van der Waals surface area contributed by atoms with Gasteiger partial charge in [-0.05, 0) is 24.6 Å². The maximum Gasteiger partial charge on any atom is 0.414 e. The Balaban J connectivity index is 2.03. The maximum absolute atomic E-state index is 14.0. The summed E-state index contributed by atoms with van der Waals surface area (Å²) in [6, 6.07) is 4.58. The molecular formula is C15H20FN3O3. The fourth-order valence-corrected chi connectivity index (χ4v) is 2.17. The van der Waals surface area contributed by atoms with E-state index in [1.807, 2.05) is 6.92 Å². The number of ether oxygens (including phenoxy) is 1. The molecule has 2 rings (SSSR count). The van der Waals surface area contributed by atoms with E-state index in [9.17, 15) is 14.0 Å². The predicted molar refractivity (Wildman–Crippen MR) is 81.5 cm³/mol. The molecule has 1 aliphatic rings. The van der Waals surface area contributed by atoms with E-state index < -0.39 is 18.0 Å². The molecule has 0 unspecified atom stereocenters. The summed E-state index contributed by atoms with van der Waals surface area (Å²) in [5.41, 5.74) is 0.850. The van der Waals surface area contributed by atoms with Gasteiger partial charge in [-0.1, -0.05) is 6.92 Å². The number of hydrogen-bond acceptors (Lipinski definition) is 4. The number of carbonyl (C=O) groups is 2. The van der Waals surface area contributed by atoms with Gasteiger partial charge < -0.3 is 15.4 Å². The van der Waals surface area contributed by atoms with Crippen molar-refractivity contribution < 1.29 is 18.7 Å². The summed E-state index contributed by atoms with van der Waals surface area (Å²) in [7, 11) is 0. The molecule has 1 aliphatic heterocycles. The molecule has 1 aromatic carbocycles. The monoisotopic (exact) mass is 309 g/mol. The highest BCUT2D eigenvalue weighted by molar-refractivity contribution is 5.90. The van der Waals surface area contributed by atoms with Crippen LogP contribution in [0.5, 0.6) is 0 Å². The number of nitrogens with zero attached hydrogens (tertiary/aromatic N) is 1. The number of cyclic esters (lactones) is 1. The summed E-state index contributed by atoms with van der Waals surface area (Å²) >= 11 is 0. The molecule has 0 radical (unpaired) electrons. The minimum Gasteiger partial charge on any atom is -0.442 e. The molecular weight excluding hydrogens is 289 g/mol. The van der Waals surface area contributed by atoms with Gasteiger partial charge in [-0.25, -0.2) is 9.18 Å². The molecule has 1 aromatic rings. The van der Waals surface area contributed by atoms with Crippen LogP contribution in [0.4, 0.5) is 20.6 Å². The van der Waals surface area contributed by atoms with Gasteiger partial charge in [-0.2, -0.15) is 0 Å². The molecule has 0 aromatic heterocycles. The van der Waals surface area contributed by atoms with Crippen molar-refractivity contribution in [2.24, 2.45) is 0 Å².